The van der Waals surface area contributed by atoms with Crippen molar-refractivity contribution in [2.45, 2.75) is 61.1 Å². The van der Waals surface area contributed by atoms with Crippen LogP contribution in [0.15, 0.2) is 29.2 Å². The number of rotatable bonds is 2. The number of benzene rings is 1. The van der Waals surface area contributed by atoms with Crippen LogP contribution in [0.4, 0.5) is 5.69 Å². The van der Waals surface area contributed by atoms with E-state index < -0.39 is 0 Å². The number of Topliss-reactive ketones (excluding diaryl/α,β-unsaturated/α-hetero) is 1. The lowest BCUT2D eigenvalue weighted by molar-refractivity contribution is -0.117. The first-order valence-corrected chi connectivity index (χ1v) is 8.05. The summed E-state index contributed by atoms with van der Waals surface area (Å²) in [6, 6.07) is 8.80. The summed E-state index contributed by atoms with van der Waals surface area (Å²) in [6.45, 7) is 1.71. The summed E-state index contributed by atoms with van der Waals surface area (Å²) in [6.07, 6.45) is 7.06. The molecule has 2 aliphatic rings. The number of thioether (sulfide) groups is 1. The van der Waals surface area contributed by atoms with Gasteiger partial charge in [0, 0.05) is 27.8 Å². The van der Waals surface area contributed by atoms with E-state index in [0.29, 0.717) is 18.2 Å². The Morgan fingerprint density at radius 2 is 2.05 bits per heavy atom. The standard InChI is InChI=1S/C16H21NOS/c1-12(18)11-15-16(9-5-2-6-10-16)19-14-8-4-3-7-13(14)17-15/h3-4,7-8,15,17H,2,5-6,9-11H2,1H3/t15-/m1/s1. The van der Waals surface area contributed by atoms with Crippen molar-refractivity contribution in [3.8, 4) is 0 Å². The molecule has 1 atom stereocenters. The molecule has 1 fully saturated rings. The van der Waals surface area contributed by atoms with Gasteiger partial charge in [-0.1, -0.05) is 31.4 Å². The second-order valence-electron chi connectivity index (χ2n) is 5.83. The van der Waals surface area contributed by atoms with Gasteiger partial charge in [-0.15, -0.1) is 11.8 Å². The van der Waals surface area contributed by atoms with E-state index in [1.165, 1.54) is 42.7 Å². The molecule has 0 saturated heterocycles. The third kappa shape index (κ3) is 2.53. The Bertz CT molecular complexity index is 479. The SMILES string of the molecule is CC(=O)C[C@H]1Nc2ccccc2SC12CCCCC2. The number of para-hydroxylation sites is 1. The van der Waals surface area contributed by atoms with Gasteiger partial charge in [-0.25, -0.2) is 0 Å². The first kappa shape index (κ1) is 13.0. The van der Waals surface area contributed by atoms with Crippen molar-refractivity contribution in [2.24, 2.45) is 0 Å². The average molecular weight is 275 g/mol. The van der Waals surface area contributed by atoms with Crippen LogP contribution in [0.5, 0.6) is 0 Å². The van der Waals surface area contributed by atoms with Crippen molar-refractivity contribution >= 4 is 23.2 Å². The molecule has 19 heavy (non-hydrogen) atoms. The van der Waals surface area contributed by atoms with Gasteiger partial charge in [-0.2, -0.15) is 0 Å². The largest absolute Gasteiger partial charge is 0.380 e. The maximum Gasteiger partial charge on any atom is 0.131 e. The van der Waals surface area contributed by atoms with Crippen molar-refractivity contribution in [1.29, 1.82) is 0 Å². The molecule has 102 valence electrons. The molecule has 3 rings (SSSR count). The van der Waals surface area contributed by atoms with Crippen LogP contribution in [-0.4, -0.2) is 16.6 Å². The lowest BCUT2D eigenvalue weighted by atomic mass is 9.80. The zero-order valence-electron chi connectivity index (χ0n) is 11.4. The van der Waals surface area contributed by atoms with Gasteiger partial charge < -0.3 is 5.32 Å². The summed E-state index contributed by atoms with van der Waals surface area (Å²) in [5, 5.41) is 3.65. The molecule has 3 heteroatoms. The van der Waals surface area contributed by atoms with Crippen molar-refractivity contribution in [3.05, 3.63) is 24.3 Å². The van der Waals surface area contributed by atoms with E-state index in [1.54, 1.807) is 6.92 Å². The van der Waals surface area contributed by atoms with Crippen LogP contribution in [0.1, 0.15) is 45.4 Å². The Morgan fingerprint density at radius 1 is 1.32 bits per heavy atom. The van der Waals surface area contributed by atoms with E-state index >= 15 is 0 Å². The lowest BCUT2D eigenvalue weighted by Gasteiger charge is -2.47. The molecule has 1 aromatic carbocycles. The summed E-state index contributed by atoms with van der Waals surface area (Å²) in [5.41, 5.74) is 1.20. The first-order valence-electron chi connectivity index (χ1n) is 7.24. The highest BCUT2D eigenvalue weighted by atomic mass is 32.2. The topological polar surface area (TPSA) is 29.1 Å². The number of anilines is 1. The van der Waals surface area contributed by atoms with Crippen LogP contribution in [0.3, 0.4) is 0 Å². The Kier molecular flexibility index (Phi) is 3.57. The number of nitrogens with one attached hydrogen (secondary N) is 1. The molecule has 1 aliphatic heterocycles. The highest BCUT2D eigenvalue weighted by molar-refractivity contribution is 8.01. The highest BCUT2D eigenvalue weighted by Gasteiger charge is 2.44. The predicted octanol–water partition coefficient (Wildman–Crippen LogP) is 4.25. The number of carbonyl (C=O) groups is 1. The van der Waals surface area contributed by atoms with E-state index in [-0.39, 0.29) is 4.75 Å². The lowest BCUT2D eigenvalue weighted by Crippen LogP contribution is -2.48. The van der Waals surface area contributed by atoms with Gasteiger partial charge >= 0.3 is 0 Å². The molecule has 0 radical (unpaired) electrons. The van der Waals surface area contributed by atoms with Gasteiger partial charge in [0.15, 0.2) is 0 Å². The minimum atomic E-state index is 0.234. The molecular weight excluding hydrogens is 254 g/mol. The molecule has 0 amide bonds. The second-order valence-corrected chi connectivity index (χ2v) is 7.28. The van der Waals surface area contributed by atoms with Crippen molar-refractivity contribution in [2.75, 3.05) is 5.32 Å². The summed E-state index contributed by atoms with van der Waals surface area (Å²) < 4.78 is 0.234. The van der Waals surface area contributed by atoms with Crippen LogP contribution in [0.2, 0.25) is 0 Å². The number of fused-ring (bicyclic) bond motifs is 1. The summed E-state index contributed by atoms with van der Waals surface area (Å²) in [7, 11) is 0. The van der Waals surface area contributed by atoms with Crippen molar-refractivity contribution in [3.63, 3.8) is 0 Å². The maximum absolute atomic E-state index is 11.6. The van der Waals surface area contributed by atoms with Gasteiger partial charge in [-0.05, 0) is 31.9 Å². The van der Waals surface area contributed by atoms with Crippen molar-refractivity contribution in [1.82, 2.24) is 0 Å². The Morgan fingerprint density at radius 3 is 2.79 bits per heavy atom. The fourth-order valence-corrected chi connectivity index (χ4v) is 5.01. The summed E-state index contributed by atoms with van der Waals surface area (Å²) in [5.74, 6) is 0.294. The zero-order valence-corrected chi connectivity index (χ0v) is 12.3. The minimum absolute atomic E-state index is 0.234. The molecule has 1 spiro atoms. The molecule has 0 unspecified atom stereocenters. The van der Waals surface area contributed by atoms with Gasteiger partial charge in [0.05, 0.1) is 0 Å². The van der Waals surface area contributed by atoms with Crippen LogP contribution in [-0.2, 0) is 4.79 Å². The quantitative estimate of drug-likeness (QED) is 0.874. The normalized spacial score (nSPS) is 24.6. The Balaban J connectivity index is 1.93. The summed E-state index contributed by atoms with van der Waals surface area (Å²) >= 11 is 2.02. The average Bonchev–Trinajstić information content (AvgIpc) is 2.40. The predicted molar refractivity (Wildman–Crippen MR) is 80.8 cm³/mol. The number of hydrogen-bond acceptors (Lipinski definition) is 3. The molecule has 1 aromatic rings. The molecule has 2 nitrogen and oxygen atoms in total. The molecule has 1 N–H and O–H groups in total. The van der Waals surface area contributed by atoms with Crippen LogP contribution < -0.4 is 5.32 Å². The molecule has 1 aliphatic carbocycles. The van der Waals surface area contributed by atoms with Crippen molar-refractivity contribution < 1.29 is 4.79 Å². The van der Waals surface area contributed by atoms with Gasteiger partial charge in [-0.3, -0.25) is 4.79 Å². The fourth-order valence-electron chi connectivity index (χ4n) is 3.41. The molecule has 0 aromatic heterocycles. The number of hydrogen-bond donors (Lipinski definition) is 1. The van der Waals surface area contributed by atoms with E-state index in [2.05, 4.69) is 29.6 Å². The summed E-state index contributed by atoms with van der Waals surface area (Å²) in [4.78, 5) is 13.0. The van der Waals surface area contributed by atoms with Gasteiger partial charge in [0.25, 0.3) is 0 Å². The third-order valence-electron chi connectivity index (χ3n) is 4.36. The number of carbonyl (C=O) groups excluding carboxylic acids is 1. The highest BCUT2D eigenvalue weighted by Crippen LogP contribution is 2.52. The van der Waals surface area contributed by atoms with Crippen LogP contribution >= 0.6 is 11.8 Å². The minimum Gasteiger partial charge on any atom is -0.380 e. The van der Waals surface area contributed by atoms with E-state index in [1.807, 2.05) is 11.8 Å². The maximum atomic E-state index is 11.6. The van der Waals surface area contributed by atoms with Gasteiger partial charge in [0.2, 0.25) is 0 Å². The van der Waals surface area contributed by atoms with Gasteiger partial charge in [0.1, 0.15) is 5.78 Å². The van der Waals surface area contributed by atoms with E-state index in [9.17, 15) is 4.79 Å². The van der Waals surface area contributed by atoms with E-state index in [4.69, 9.17) is 0 Å². The fraction of sp³-hybridized carbons (Fsp3) is 0.562. The molecular formula is C16H21NOS. The Hall–Kier alpha value is -0.960. The number of ketones is 1. The van der Waals surface area contributed by atoms with Crippen LogP contribution in [0.25, 0.3) is 0 Å². The molecule has 1 saturated carbocycles. The second kappa shape index (κ2) is 5.20. The molecule has 0 bridgehead atoms. The smallest absolute Gasteiger partial charge is 0.131 e. The molecule has 1 heterocycles. The van der Waals surface area contributed by atoms with E-state index in [0.717, 1.165) is 0 Å². The monoisotopic (exact) mass is 275 g/mol. The Labute approximate surface area is 119 Å². The zero-order chi connectivity index (χ0) is 13.3. The first-order chi connectivity index (χ1) is 9.20. The van der Waals surface area contributed by atoms with Crippen LogP contribution in [0, 0.1) is 0 Å². The third-order valence-corrected chi connectivity index (χ3v) is 6.03.